The lowest BCUT2D eigenvalue weighted by Crippen LogP contribution is -2.59. The minimum absolute atomic E-state index is 0.0239. The van der Waals surface area contributed by atoms with E-state index in [-0.39, 0.29) is 17.3 Å². The number of carboxylic acid groups (broad SMARTS) is 1. The Balaban J connectivity index is 2.41. The third-order valence-corrected chi connectivity index (χ3v) is 6.67. The SMILES string of the molecule is C=C/C(C)=C/C[C@H]1C(=C)CC[C@@H]2[C@]1(C)CC[C@@H](O)[C@]2(C)C(=O)O. The van der Waals surface area contributed by atoms with Crippen LogP contribution in [0, 0.1) is 22.7 Å². The number of rotatable bonds is 4. The molecule has 0 aromatic heterocycles. The van der Waals surface area contributed by atoms with Crippen molar-refractivity contribution in [1.29, 1.82) is 0 Å². The Labute approximate surface area is 139 Å². The predicted molar refractivity (Wildman–Crippen MR) is 93.0 cm³/mol. The number of carboxylic acids is 1. The number of hydrogen-bond acceptors (Lipinski definition) is 2. The van der Waals surface area contributed by atoms with E-state index in [2.05, 4.69) is 26.2 Å². The van der Waals surface area contributed by atoms with Crippen LogP contribution < -0.4 is 0 Å². The zero-order chi connectivity index (χ0) is 17.4. The highest BCUT2D eigenvalue weighted by Crippen LogP contribution is 2.61. The van der Waals surface area contributed by atoms with Crippen molar-refractivity contribution in [2.45, 2.75) is 59.0 Å². The van der Waals surface area contributed by atoms with E-state index in [9.17, 15) is 15.0 Å². The molecule has 2 fully saturated rings. The Bertz CT molecular complexity index is 547. The third kappa shape index (κ3) is 2.80. The van der Waals surface area contributed by atoms with Gasteiger partial charge in [-0.1, -0.05) is 43.4 Å². The number of aliphatic carboxylic acids is 1. The highest BCUT2D eigenvalue weighted by molar-refractivity contribution is 5.76. The monoisotopic (exact) mass is 318 g/mol. The number of fused-ring (bicyclic) bond motifs is 1. The van der Waals surface area contributed by atoms with Crippen LogP contribution in [0.2, 0.25) is 0 Å². The van der Waals surface area contributed by atoms with Crippen LogP contribution in [-0.4, -0.2) is 22.3 Å². The van der Waals surface area contributed by atoms with Crippen molar-refractivity contribution >= 4 is 5.97 Å². The third-order valence-electron chi connectivity index (χ3n) is 6.67. The van der Waals surface area contributed by atoms with Crippen LogP contribution in [0.15, 0.2) is 36.5 Å². The summed E-state index contributed by atoms with van der Waals surface area (Å²) in [4.78, 5) is 12.0. The second-order valence-electron chi connectivity index (χ2n) is 7.84. The zero-order valence-electron chi connectivity index (χ0n) is 14.6. The van der Waals surface area contributed by atoms with E-state index in [1.807, 2.05) is 13.0 Å². The molecule has 0 unspecified atom stereocenters. The molecule has 0 spiro atoms. The van der Waals surface area contributed by atoms with Gasteiger partial charge in [-0.2, -0.15) is 0 Å². The van der Waals surface area contributed by atoms with Crippen LogP contribution in [0.4, 0.5) is 0 Å². The predicted octanol–water partition coefficient (Wildman–Crippen LogP) is 4.34. The van der Waals surface area contributed by atoms with E-state index in [1.165, 1.54) is 5.57 Å². The first-order valence-corrected chi connectivity index (χ1v) is 8.56. The van der Waals surface area contributed by atoms with E-state index < -0.39 is 17.5 Å². The fourth-order valence-electron chi connectivity index (χ4n) is 4.97. The summed E-state index contributed by atoms with van der Waals surface area (Å²) in [5.41, 5.74) is 1.17. The number of aliphatic hydroxyl groups is 1. The van der Waals surface area contributed by atoms with Crippen molar-refractivity contribution < 1.29 is 15.0 Å². The van der Waals surface area contributed by atoms with Crippen LogP contribution in [-0.2, 0) is 4.79 Å². The zero-order valence-corrected chi connectivity index (χ0v) is 14.6. The Morgan fingerprint density at radius 2 is 2.04 bits per heavy atom. The molecular formula is C20H30O3. The second kappa shape index (κ2) is 6.27. The molecule has 0 aromatic carbocycles. The lowest BCUT2D eigenvalue weighted by atomic mass is 9.46. The molecular weight excluding hydrogens is 288 g/mol. The van der Waals surface area contributed by atoms with Crippen LogP contribution in [0.1, 0.15) is 52.9 Å². The van der Waals surface area contributed by atoms with Gasteiger partial charge in [-0.05, 0) is 63.2 Å². The topological polar surface area (TPSA) is 57.5 Å². The molecule has 0 amide bonds. The van der Waals surface area contributed by atoms with Gasteiger partial charge in [0.05, 0.1) is 11.5 Å². The average Bonchev–Trinajstić information content (AvgIpc) is 2.50. The Kier molecular flexibility index (Phi) is 4.91. The summed E-state index contributed by atoms with van der Waals surface area (Å²) in [6.07, 6.45) is 7.18. The number of aliphatic hydroxyl groups excluding tert-OH is 1. The van der Waals surface area contributed by atoms with E-state index >= 15 is 0 Å². The van der Waals surface area contributed by atoms with Gasteiger partial charge in [0.2, 0.25) is 0 Å². The standard InChI is InChI=1S/C20H30O3/c1-6-13(2)7-9-15-14(3)8-10-16-19(15,4)12-11-17(21)20(16,5)18(22)23/h6-7,15-17,21H,1,3,8-12H2,2,4-5H3,(H,22,23)/b13-7+/t15-,16+,17+,19+,20+/m0/s1. The van der Waals surface area contributed by atoms with Gasteiger partial charge in [-0.15, -0.1) is 0 Å². The molecule has 3 heteroatoms. The molecule has 2 saturated carbocycles. The first-order valence-electron chi connectivity index (χ1n) is 8.56. The summed E-state index contributed by atoms with van der Waals surface area (Å²) >= 11 is 0. The lowest BCUT2D eigenvalue weighted by Gasteiger charge is -2.58. The maximum atomic E-state index is 12.0. The summed E-state index contributed by atoms with van der Waals surface area (Å²) in [6, 6.07) is 0. The van der Waals surface area contributed by atoms with E-state index in [1.54, 1.807) is 6.92 Å². The van der Waals surface area contributed by atoms with Gasteiger partial charge in [-0.25, -0.2) is 0 Å². The largest absolute Gasteiger partial charge is 0.481 e. The number of hydrogen-bond donors (Lipinski definition) is 2. The quantitative estimate of drug-likeness (QED) is 0.599. The molecule has 0 radical (unpaired) electrons. The molecule has 5 atom stereocenters. The summed E-state index contributed by atoms with van der Waals surface area (Å²) in [6.45, 7) is 14.1. The molecule has 0 bridgehead atoms. The van der Waals surface area contributed by atoms with Crippen molar-refractivity contribution in [2.24, 2.45) is 22.7 Å². The molecule has 23 heavy (non-hydrogen) atoms. The fraction of sp³-hybridized carbons (Fsp3) is 0.650. The van der Waals surface area contributed by atoms with E-state index in [0.29, 0.717) is 6.42 Å². The first-order chi connectivity index (χ1) is 10.7. The second-order valence-corrected chi connectivity index (χ2v) is 7.84. The molecule has 2 N–H and O–H groups in total. The summed E-state index contributed by atoms with van der Waals surface area (Å²) in [7, 11) is 0. The average molecular weight is 318 g/mol. The van der Waals surface area contributed by atoms with Crippen molar-refractivity contribution in [2.75, 3.05) is 0 Å². The summed E-state index contributed by atoms with van der Waals surface area (Å²) in [5, 5.41) is 20.3. The van der Waals surface area contributed by atoms with Crippen LogP contribution in [0.25, 0.3) is 0 Å². The molecule has 128 valence electrons. The van der Waals surface area contributed by atoms with Crippen molar-refractivity contribution in [3.63, 3.8) is 0 Å². The first kappa shape index (κ1) is 18.0. The Morgan fingerprint density at radius 1 is 1.39 bits per heavy atom. The van der Waals surface area contributed by atoms with Gasteiger partial charge in [0, 0.05) is 0 Å². The van der Waals surface area contributed by atoms with E-state index in [0.717, 1.165) is 31.3 Å². The fourth-order valence-corrected chi connectivity index (χ4v) is 4.97. The Hall–Kier alpha value is -1.35. The van der Waals surface area contributed by atoms with Crippen LogP contribution >= 0.6 is 0 Å². The van der Waals surface area contributed by atoms with Gasteiger partial charge >= 0.3 is 5.97 Å². The number of allylic oxidation sites excluding steroid dienone is 4. The van der Waals surface area contributed by atoms with Gasteiger partial charge in [0.1, 0.15) is 0 Å². The highest BCUT2D eigenvalue weighted by atomic mass is 16.4. The molecule has 3 nitrogen and oxygen atoms in total. The molecule has 2 aliphatic carbocycles. The summed E-state index contributed by atoms with van der Waals surface area (Å²) < 4.78 is 0. The normalized spacial score (nSPS) is 41.3. The van der Waals surface area contributed by atoms with Gasteiger partial charge in [-0.3, -0.25) is 4.79 Å². The smallest absolute Gasteiger partial charge is 0.312 e. The van der Waals surface area contributed by atoms with Gasteiger partial charge in [0.15, 0.2) is 0 Å². The lowest BCUT2D eigenvalue weighted by molar-refractivity contribution is -0.182. The van der Waals surface area contributed by atoms with Gasteiger partial charge in [0.25, 0.3) is 0 Å². The van der Waals surface area contributed by atoms with Gasteiger partial charge < -0.3 is 10.2 Å². The molecule has 2 aliphatic rings. The maximum Gasteiger partial charge on any atom is 0.312 e. The van der Waals surface area contributed by atoms with Crippen LogP contribution in [0.5, 0.6) is 0 Å². The van der Waals surface area contributed by atoms with Crippen molar-refractivity contribution in [3.8, 4) is 0 Å². The molecule has 2 rings (SSSR count). The highest BCUT2D eigenvalue weighted by Gasteiger charge is 2.60. The molecule has 0 aromatic rings. The Morgan fingerprint density at radius 3 is 2.61 bits per heavy atom. The van der Waals surface area contributed by atoms with Crippen molar-refractivity contribution in [1.82, 2.24) is 0 Å². The minimum Gasteiger partial charge on any atom is -0.481 e. The van der Waals surface area contributed by atoms with E-state index in [4.69, 9.17) is 0 Å². The maximum absolute atomic E-state index is 12.0. The van der Waals surface area contributed by atoms with Crippen LogP contribution in [0.3, 0.4) is 0 Å². The summed E-state index contributed by atoms with van der Waals surface area (Å²) in [5.74, 6) is -0.628. The molecule has 0 heterocycles. The number of carbonyl (C=O) groups is 1. The minimum atomic E-state index is -1.07. The van der Waals surface area contributed by atoms with Crippen molar-refractivity contribution in [3.05, 3.63) is 36.5 Å². The molecule has 0 aliphatic heterocycles. The molecule has 0 saturated heterocycles.